The molecule has 0 bridgehead atoms. The minimum atomic E-state index is -0.435. The van der Waals surface area contributed by atoms with Gasteiger partial charge in [0.15, 0.2) is 0 Å². The van der Waals surface area contributed by atoms with E-state index in [0.29, 0.717) is 37.6 Å². The van der Waals surface area contributed by atoms with Gasteiger partial charge in [-0.25, -0.2) is 9.29 Å². The van der Waals surface area contributed by atoms with Crippen LogP contribution in [0, 0.1) is 19.7 Å². The molecule has 2 aromatic rings. The van der Waals surface area contributed by atoms with Crippen LogP contribution in [-0.2, 0) is 9.59 Å². The summed E-state index contributed by atoms with van der Waals surface area (Å²) in [4.78, 5) is 31.1. The summed E-state index contributed by atoms with van der Waals surface area (Å²) >= 11 is 0. The SMILES string of the molecule is Cc1cccc(N2C(=O)C[C@@H](N3CCN(c4ccccc4F)CC3)C2=O)c1C. The molecule has 0 aromatic heterocycles. The molecule has 2 fully saturated rings. The highest BCUT2D eigenvalue weighted by Crippen LogP contribution is 2.30. The Hall–Kier alpha value is -2.73. The maximum atomic E-state index is 14.0. The Morgan fingerprint density at radius 1 is 0.893 bits per heavy atom. The molecule has 2 aliphatic rings. The molecule has 2 saturated heterocycles. The number of benzene rings is 2. The second-order valence-corrected chi connectivity index (χ2v) is 7.48. The van der Waals surface area contributed by atoms with Gasteiger partial charge in [0.2, 0.25) is 5.91 Å². The number of halogens is 1. The number of carbonyl (C=O) groups excluding carboxylic acids is 2. The number of anilines is 2. The van der Waals surface area contributed by atoms with E-state index in [1.54, 1.807) is 12.1 Å². The lowest BCUT2D eigenvalue weighted by molar-refractivity contribution is -0.123. The summed E-state index contributed by atoms with van der Waals surface area (Å²) in [5.74, 6) is -0.539. The molecule has 6 heteroatoms. The molecule has 0 N–H and O–H groups in total. The number of piperazine rings is 1. The number of amides is 2. The molecule has 0 saturated carbocycles. The van der Waals surface area contributed by atoms with E-state index in [1.807, 2.05) is 43.0 Å². The lowest BCUT2D eigenvalue weighted by Gasteiger charge is -2.38. The quantitative estimate of drug-likeness (QED) is 0.767. The predicted molar refractivity (Wildman–Crippen MR) is 107 cm³/mol. The van der Waals surface area contributed by atoms with Crippen LogP contribution in [0.1, 0.15) is 17.5 Å². The lowest BCUT2D eigenvalue weighted by atomic mass is 10.1. The monoisotopic (exact) mass is 381 g/mol. The van der Waals surface area contributed by atoms with Gasteiger partial charge in [0.25, 0.3) is 5.91 Å². The molecule has 2 aliphatic heterocycles. The van der Waals surface area contributed by atoms with Crippen LogP contribution in [0.2, 0.25) is 0 Å². The molecule has 5 nitrogen and oxygen atoms in total. The van der Waals surface area contributed by atoms with Crippen LogP contribution < -0.4 is 9.80 Å². The van der Waals surface area contributed by atoms with Crippen molar-refractivity contribution in [3.05, 3.63) is 59.4 Å². The summed E-state index contributed by atoms with van der Waals surface area (Å²) in [5.41, 5.74) is 3.28. The van der Waals surface area contributed by atoms with Crippen molar-refractivity contribution < 1.29 is 14.0 Å². The summed E-state index contributed by atoms with van der Waals surface area (Å²) in [6.45, 7) is 6.41. The summed E-state index contributed by atoms with van der Waals surface area (Å²) in [5, 5.41) is 0. The number of para-hydroxylation sites is 1. The van der Waals surface area contributed by atoms with Gasteiger partial charge in [-0.05, 0) is 43.2 Å². The predicted octanol–water partition coefficient (Wildman–Crippen LogP) is 2.90. The molecule has 2 amide bonds. The van der Waals surface area contributed by atoms with Gasteiger partial charge in [-0.2, -0.15) is 0 Å². The summed E-state index contributed by atoms with van der Waals surface area (Å²) in [6.07, 6.45) is 0.200. The second-order valence-electron chi connectivity index (χ2n) is 7.48. The molecule has 0 spiro atoms. The summed E-state index contributed by atoms with van der Waals surface area (Å²) < 4.78 is 14.0. The van der Waals surface area contributed by atoms with Crippen LogP contribution in [0.3, 0.4) is 0 Å². The van der Waals surface area contributed by atoms with Crippen LogP contribution in [0.4, 0.5) is 15.8 Å². The summed E-state index contributed by atoms with van der Waals surface area (Å²) in [7, 11) is 0. The topological polar surface area (TPSA) is 43.9 Å². The molecule has 2 heterocycles. The van der Waals surface area contributed by atoms with Crippen molar-refractivity contribution in [1.82, 2.24) is 4.90 Å². The van der Waals surface area contributed by atoms with Gasteiger partial charge in [-0.3, -0.25) is 14.5 Å². The van der Waals surface area contributed by atoms with E-state index in [1.165, 1.54) is 11.0 Å². The number of aryl methyl sites for hydroxylation is 1. The smallest absolute Gasteiger partial charge is 0.251 e. The van der Waals surface area contributed by atoms with Crippen LogP contribution in [0.15, 0.2) is 42.5 Å². The average molecular weight is 381 g/mol. The number of hydrogen-bond donors (Lipinski definition) is 0. The first kappa shape index (κ1) is 18.6. The Balaban J connectivity index is 1.48. The third-order valence-electron chi connectivity index (χ3n) is 5.89. The van der Waals surface area contributed by atoms with Crippen molar-refractivity contribution in [2.24, 2.45) is 0 Å². The van der Waals surface area contributed by atoms with E-state index in [0.717, 1.165) is 11.1 Å². The van der Waals surface area contributed by atoms with Crippen LogP contribution in [-0.4, -0.2) is 48.9 Å². The Kier molecular flexibility index (Phi) is 4.89. The van der Waals surface area contributed by atoms with Gasteiger partial charge in [-0.1, -0.05) is 24.3 Å². The van der Waals surface area contributed by atoms with Gasteiger partial charge in [0, 0.05) is 26.2 Å². The highest BCUT2D eigenvalue weighted by Gasteiger charge is 2.43. The van der Waals surface area contributed by atoms with E-state index in [2.05, 4.69) is 4.90 Å². The molecule has 0 radical (unpaired) electrons. The largest absolute Gasteiger partial charge is 0.367 e. The minimum absolute atomic E-state index is 0.153. The summed E-state index contributed by atoms with van der Waals surface area (Å²) in [6, 6.07) is 12.0. The molecule has 28 heavy (non-hydrogen) atoms. The standard InChI is InChI=1S/C22H24FN3O2/c1-15-6-5-9-18(16(15)2)26-21(27)14-20(22(26)28)25-12-10-24(11-13-25)19-8-4-3-7-17(19)23/h3-9,20H,10-14H2,1-2H3/t20-/m1/s1. The second kappa shape index (κ2) is 7.36. The fourth-order valence-corrected chi connectivity index (χ4v) is 4.11. The molecule has 1 atom stereocenters. The fraction of sp³-hybridized carbons (Fsp3) is 0.364. The molecule has 146 valence electrons. The molecule has 0 aliphatic carbocycles. The lowest BCUT2D eigenvalue weighted by Crippen LogP contribution is -2.52. The first-order valence-electron chi connectivity index (χ1n) is 9.64. The molecular formula is C22H24FN3O2. The van der Waals surface area contributed by atoms with Gasteiger partial charge in [-0.15, -0.1) is 0 Å². The third-order valence-corrected chi connectivity index (χ3v) is 5.89. The van der Waals surface area contributed by atoms with Gasteiger partial charge >= 0.3 is 0 Å². The molecule has 0 unspecified atom stereocenters. The van der Waals surface area contributed by atoms with E-state index in [4.69, 9.17) is 0 Å². The average Bonchev–Trinajstić information content (AvgIpc) is 2.99. The van der Waals surface area contributed by atoms with E-state index >= 15 is 0 Å². The van der Waals surface area contributed by atoms with Crippen LogP contribution >= 0.6 is 0 Å². The van der Waals surface area contributed by atoms with Crippen LogP contribution in [0.5, 0.6) is 0 Å². The highest BCUT2D eigenvalue weighted by atomic mass is 19.1. The van der Waals surface area contributed by atoms with Crippen molar-refractivity contribution in [3.8, 4) is 0 Å². The third kappa shape index (κ3) is 3.18. The molecular weight excluding hydrogens is 357 g/mol. The minimum Gasteiger partial charge on any atom is -0.367 e. The van der Waals surface area contributed by atoms with Gasteiger partial charge in [0.05, 0.1) is 23.8 Å². The number of carbonyl (C=O) groups is 2. The number of rotatable bonds is 3. The van der Waals surface area contributed by atoms with Crippen molar-refractivity contribution in [1.29, 1.82) is 0 Å². The highest BCUT2D eigenvalue weighted by molar-refractivity contribution is 6.22. The Morgan fingerprint density at radius 2 is 1.57 bits per heavy atom. The molecule has 2 aromatic carbocycles. The van der Waals surface area contributed by atoms with E-state index in [9.17, 15) is 14.0 Å². The zero-order valence-corrected chi connectivity index (χ0v) is 16.2. The first-order chi connectivity index (χ1) is 13.5. The zero-order valence-electron chi connectivity index (χ0n) is 16.2. The number of hydrogen-bond acceptors (Lipinski definition) is 4. The Bertz CT molecular complexity index is 922. The first-order valence-corrected chi connectivity index (χ1v) is 9.64. The molecule has 4 rings (SSSR count). The van der Waals surface area contributed by atoms with Crippen LogP contribution in [0.25, 0.3) is 0 Å². The van der Waals surface area contributed by atoms with Crippen molar-refractivity contribution in [3.63, 3.8) is 0 Å². The van der Waals surface area contributed by atoms with Crippen molar-refractivity contribution in [2.75, 3.05) is 36.0 Å². The van der Waals surface area contributed by atoms with E-state index in [-0.39, 0.29) is 24.1 Å². The number of imide groups is 1. The number of nitrogens with zero attached hydrogens (tertiary/aromatic N) is 3. The Morgan fingerprint density at radius 3 is 2.29 bits per heavy atom. The van der Waals surface area contributed by atoms with E-state index < -0.39 is 6.04 Å². The van der Waals surface area contributed by atoms with Gasteiger partial charge in [0.1, 0.15) is 5.82 Å². The maximum Gasteiger partial charge on any atom is 0.251 e. The van der Waals surface area contributed by atoms with Crippen molar-refractivity contribution >= 4 is 23.2 Å². The zero-order chi connectivity index (χ0) is 19.8. The fourth-order valence-electron chi connectivity index (χ4n) is 4.11. The van der Waals surface area contributed by atoms with Crippen molar-refractivity contribution in [2.45, 2.75) is 26.3 Å². The Labute approximate surface area is 164 Å². The normalized spacial score (nSPS) is 20.9. The maximum absolute atomic E-state index is 14.0. The van der Waals surface area contributed by atoms with Gasteiger partial charge < -0.3 is 4.90 Å².